The molecular weight excluding hydrogens is 376 g/mol. The van der Waals surface area contributed by atoms with Crippen LogP contribution in [0.15, 0.2) is 42.5 Å². The molecule has 2 aromatic rings. The van der Waals surface area contributed by atoms with Gasteiger partial charge in [0.2, 0.25) is 0 Å². The van der Waals surface area contributed by atoms with Crippen LogP contribution in [-0.2, 0) is 4.79 Å². The number of rotatable bonds is 7. The quantitative estimate of drug-likeness (QED) is 0.665. The molecule has 0 radical (unpaired) electrons. The number of para-hydroxylation sites is 1. The molecule has 0 heterocycles. The summed E-state index contributed by atoms with van der Waals surface area (Å²) in [6.45, 7) is 5.87. The van der Waals surface area contributed by atoms with Crippen molar-refractivity contribution in [2.75, 3.05) is 5.32 Å². The van der Waals surface area contributed by atoms with E-state index in [9.17, 15) is 9.59 Å². The van der Waals surface area contributed by atoms with E-state index in [-0.39, 0.29) is 17.9 Å². The number of carbonyl (C=O) groups excluding carboxylic acids is 2. The van der Waals surface area contributed by atoms with Gasteiger partial charge in [-0.3, -0.25) is 9.59 Å². The van der Waals surface area contributed by atoms with Crippen molar-refractivity contribution in [1.82, 2.24) is 5.32 Å². The topological polar surface area (TPSA) is 67.4 Å². The molecule has 0 aromatic heterocycles. The summed E-state index contributed by atoms with van der Waals surface area (Å²) >= 11 is 0. The first kappa shape index (κ1) is 21.9. The Kier molecular flexibility index (Phi) is 7.50. The van der Waals surface area contributed by atoms with Gasteiger partial charge in [0.1, 0.15) is 5.75 Å². The Labute approximate surface area is 179 Å². The van der Waals surface area contributed by atoms with Gasteiger partial charge in [0, 0.05) is 6.04 Å². The Morgan fingerprint density at radius 3 is 2.53 bits per heavy atom. The molecule has 1 atom stereocenters. The third-order valence-electron chi connectivity index (χ3n) is 5.65. The molecule has 1 aliphatic carbocycles. The maximum Gasteiger partial charge on any atom is 0.265 e. The molecule has 1 saturated carbocycles. The Morgan fingerprint density at radius 2 is 1.80 bits per heavy atom. The molecule has 1 unspecified atom stereocenters. The zero-order valence-electron chi connectivity index (χ0n) is 18.2. The number of aryl methyl sites for hydroxylation is 2. The molecule has 30 heavy (non-hydrogen) atoms. The molecule has 0 spiro atoms. The van der Waals surface area contributed by atoms with E-state index < -0.39 is 6.10 Å². The average Bonchev–Trinajstić information content (AvgIpc) is 2.75. The number of amides is 2. The summed E-state index contributed by atoms with van der Waals surface area (Å²) in [7, 11) is 0. The summed E-state index contributed by atoms with van der Waals surface area (Å²) in [4.78, 5) is 25.8. The van der Waals surface area contributed by atoms with E-state index in [0.29, 0.717) is 23.4 Å². The summed E-state index contributed by atoms with van der Waals surface area (Å²) in [6.07, 6.45) is 5.45. The Bertz CT molecular complexity index is 888. The molecule has 5 heteroatoms. The number of carbonyl (C=O) groups is 2. The SMILES string of the molecule is CCC(Oc1cc(C)ccc1C)C(=O)Nc1ccccc1C(=O)NC1CCCCC1. The first-order chi connectivity index (χ1) is 14.5. The molecule has 1 aliphatic rings. The van der Waals surface area contributed by atoms with Crippen molar-refractivity contribution in [2.45, 2.75) is 71.4 Å². The van der Waals surface area contributed by atoms with Crippen LogP contribution in [0.25, 0.3) is 0 Å². The van der Waals surface area contributed by atoms with E-state index in [1.54, 1.807) is 12.1 Å². The number of hydrogen-bond acceptors (Lipinski definition) is 3. The highest BCUT2D eigenvalue weighted by Gasteiger charge is 2.23. The van der Waals surface area contributed by atoms with Crippen LogP contribution in [0.3, 0.4) is 0 Å². The van der Waals surface area contributed by atoms with Gasteiger partial charge in [-0.25, -0.2) is 0 Å². The largest absolute Gasteiger partial charge is 0.480 e. The van der Waals surface area contributed by atoms with Crippen molar-refractivity contribution in [2.24, 2.45) is 0 Å². The molecular formula is C25H32N2O3. The second-order valence-electron chi connectivity index (χ2n) is 8.13. The van der Waals surface area contributed by atoms with Gasteiger partial charge in [0.25, 0.3) is 11.8 Å². The van der Waals surface area contributed by atoms with Crippen molar-refractivity contribution in [3.05, 3.63) is 59.2 Å². The van der Waals surface area contributed by atoms with Crippen molar-refractivity contribution < 1.29 is 14.3 Å². The maximum absolute atomic E-state index is 12.9. The van der Waals surface area contributed by atoms with Gasteiger partial charge < -0.3 is 15.4 Å². The normalized spacial score (nSPS) is 15.3. The van der Waals surface area contributed by atoms with E-state index >= 15 is 0 Å². The van der Waals surface area contributed by atoms with Gasteiger partial charge in [0.05, 0.1) is 11.3 Å². The van der Waals surface area contributed by atoms with Gasteiger partial charge >= 0.3 is 0 Å². The number of hydrogen-bond donors (Lipinski definition) is 2. The number of nitrogens with one attached hydrogen (secondary N) is 2. The Hall–Kier alpha value is -2.82. The lowest BCUT2D eigenvalue weighted by molar-refractivity contribution is -0.122. The zero-order chi connectivity index (χ0) is 21.5. The molecule has 2 aromatic carbocycles. The minimum Gasteiger partial charge on any atom is -0.480 e. The van der Waals surface area contributed by atoms with Crippen molar-refractivity contribution in [1.29, 1.82) is 0 Å². The van der Waals surface area contributed by atoms with Crippen LogP contribution in [0, 0.1) is 13.8 Å². The standard InChI is InChI=1S/C25H32N2O3/c1-4-22(30-23-16-17(2)14-15-18(23)3)25(29)27-21-13-9-8-12-20(21)24(28)26-19-10-6-5-7-11-19/h8-9,12-16,19,22H,4-7,10-11H2,1-3H3,(H,26,28)(H,27,29). The fraction of sp³-hybridized carbons (Fsp3) is 0.440. The van der Waals surface area contributed by atoms with Crippen LogP contribution >= 0.6 is 0 Å². The van der Waals surface area contributed by atoms with Crippen LogP contribution in [0.5, 0.6) is 5.75 Å². The molecule has 0 bridgehead atoms. The molecule has 2 amide bonds. The fourth-order valence-corrected chi connectivity index (χ4v) is 3.82. The Balaban J connectivity index is 1.70. The van der Waals surface area contributed by atoms with Crippen LogP contribution in [0.1, 0.15) is 66.9 Å². The smallest absolute Gasteiger partial charge is 0.265 e. The van der Waals surface area contributed by atoms with E-state index in [0.717, 1.165) is 36.8 Å². The minimum atomic E-state index is -0.639. The number of ether oxygens (including phenoxy) is 1. The van der Waals surface area contributed by atoms with Crippen molar-refractivity contribution in [3.63, 3.8) is 0 Å². The lowest BCUT2D eigenvalue weighted by atomic mass is 9.95. The fourth-order valence-electron chi connectivity index (χ4n) is 3.82. The number of anilines is 1. The molecule has 3 rings (SSSR count). The van der Waals surface area contributed by atoms with Crippen LogP contribution in [-0.4, -0.2) is 24.0 Å². The maximum atomic E-state index is 12.9. The summed E-state index contributed by atoms with van der Waals surface area (Å²) in [5, 5.41) is 6.03. The second kappa shape index (κ2) is 10.3. The van der Waals surface area contributed by atoms with Crippen LogP contribution < -0.4 is 15.4 Å². The molecule has 0 saturated heterocycles. The molecule has 160 valence electrons. The van der Waals surface area contributed by atoms with E-state index in [2.05, 4.69) is 10.6 Å². The monoisotopic (exact) mass is 408 g/mol. The summed E-state index contributed by atoms with van der Waals surface area (Å²) in [5.74, 6) is 0.318. The Morgan fingerprint density at radius 1 is 1.07 bits per heavy atom. The third-order valence-corrected chi connectivity index (χ3v) is 5.65. The van der Waals surface area contributed by atoms with E-state index in [1.165, 1.54) is 6.42 Å². The highest BCUT2D eigenvalue weighted by Crippen LogP contribution is 2.23. The lowest BCUT2D eigenvalue weighted by Crippen LogP contribution is -2.37. The van der Waals surface area contributed by atoms with Crippen molar-refractivity contribution >= 4 is 17.5 Å². The first-order valence-electron chi connectivity index (χ1n) is 10.9. The van der Waals surface area contributed by atoms with E-state index in [1.807, 2.05) is 51.1 Å². The predicted molar refractivity (Wildman–Crippen MR) is 120 cm³/mol. The van der Waals surface area contributed by atoms with E-state index in [4.69, 9.17) is 4.74 Å². The molecule has 0 aliphatic heterocycles. The highest BCUT2D eigenvalue weighted by molar-refractivity contribution is 6.04. The molecule has 2 N–H and O–H groups in total. The van der Waals surface area contributed by atoms with Crippen LogP contribution in [0.2, 0.25) is 0 Å². The molecule has 5 nitrogen and oxygen atoms in total. The minimum absolute atomic E-state index is 0.138. The summed E-state index contributed by atoms with van der Waals surface area (Å²) in [6, 6.07) is 13.3. The van der Waals surface area contributed by atoms with Gasteiger partial charge in [-0.2, -0.15) is 0 Å². The highest BCUT2D eigenvalue weighted by atomic mass is 16.5. The average molecular weight is 409 g/mol. The van der Waals surface area contributed by atoms with Gasteiger partial charge in [0.15, 0.2) is 6.10 Å². The molecule has 1 fully saturated rings. The van der Waals surface area contributed by atoms with Crippen LogP contribution in [0.4, 0.5) is 5.69 Å². The summed E-state index contributed by atoms with van der Waals surface area (Å²) in [5.41, 5.74) is 3.06. The first-order valence-corrected chi connectivity index (χ1v) is 10.9. The lowest BCUT2D eigenvalue weighted by Gasteiger charge is -2.23. The predicted octanol–water partition coefficient (Wildman–Crippen LogP) is 5.16. The van der Waals surface area contributed by atoms with Crippen molar-refractivity contribution in [3.8, 4) is 5.75 Å². The third kappa shape index (κ3) is 5.62. The van der Waals surface area contributed by atoms with Gasteiger partial charge in [-0.05, 0) is 62.4 Å². The van der Waals surface area contributed by atoms with Gasteiger partial charge in [-0.1, -0.05) is 50.5 Å². The summed E-state index contributed by atoms with van der Waals surface area (Å²) < 4.78 is 6.02. The second-order valence-corrected chi connectivity index (χ2v) is 8.13. The van der Waals surface area contributed by atoms with Gasteiger partial charge in [-0.15, -0.1) is 0 Å². The zero-order valence-corrected chi connectivity index (χ0v) is 18.2. The number of benzene rings is 2.